The summed E-state index contributed by atoms with van der Waals surface area (Å²) in [4.78, 5) is 26.1. The van der Waals surface area contributed by atoms with Crippen LogP contribution >= 0.6 is 11.8 Å². The van der Waals surface area contributed by atoms with E-state index >= 15 is 0 Å². The number of hydrogen-bond acceptors (Lipinski definition) is 6. The molecule has 8 heteroatoms. The first-order valence-electron chi connectivity index (χ1n) is 6.77. The van der Waals surface area contributed by atoms with Gasteiger partial charge < -0.3 is 14.9 Å². The number of carbonyl (C=O) groups is 2. The van der Waals surface area contributed by atoms with Gasteiger partial charge in [-0.3, -0.25) is 4.79 Å². The van der Waals surface area contributed by atoms with Crippen molar-refractivity contribution >= 4 is 23.6 Å². The summed E-state index contributed by atoms with van der Waals surface area (Å²) in [7, 11) is 0. The third kappa shape index (κ3) is 7.12. The standard InChI is InChI=1S/C13H21N3O4S/c1-8(2)6-11-15-12(20-16-11)7-21-5-4-10(13(18)19)14-9(3)17/h8,10H,4-7H2,1-3H3,(H,14,17)(H,18,19). The van der Waals surface area contributed by atoms with Crippen molar-refractivity contribution in [3.8, 4) is 0 Å². The Hall–Kier alpha value is -1.57. The summed E-state index contributed by atoms with van der Waals surface area (Å²) in [5.74, 6) is 1.46. The Morgan fingerprint density at radius 3 is 2.71 bits per heavy atom. The lowest BCUT2D eigenvalue weighted by Crippen LogP contribution is -2.39. The predicted molar refractivity (Wildman–Crippen MR) is 78.9 cm³/mol. The maximum Gasteiger partial charge on any atom is 0.326 e. The average molecular weight is 315 g/mol. The van der Waals surface area contributed by atoms with Crippen molar-refractivity contribution in [1.82, 2.24) is 15.5 Å². The van der Waals surface area contributed by atoms with Crippen LogP contribution in [0.5, 0.6) is 0 Å². The van der Waals surface area contributed by atoms with E-state index in [1.165, 1.54) is 18.7 Å². The Labute approximate surface area is 127 Å². The number of nitrogens with zero attached hydrogens (tertiary/aromatic N) is 2. The van der Waals surface area contributed by atoms with Crippen molar-refractivity contribution < 1.29 is 19.2 Å². The van der Waals surface area contributed by atoms with E-state index in [2.05, 4.69) is 29.3 Å². The second kappa shape index (κ2) is 8.66. The van der Waals surface area contributed by atoms with Gasteiger partial charge in [-0.15, -0.1) is 0 Å². The molecule has 0 aromatic carbocycles. The van der Waals surface area contributed by atoms with Gasteiger partial charge in [0.1, 0.15) is 6.04 Å². The second-order valence-electron chi connectivity index (χ2n) is 5.13. The van der Waals surface area contributed by atoms with E-state index in [1.807, 2.05) is 0 Å². The number of amides is 1. The topological polar surface area (TPSA) is 105 Å². The predicted octanol–water partition coefficient (Wildman–Crippen LogP) is 1.48. The van der Waals surface area contributed by atoms with E-state index in [4.69, 9.17) is 9.63 Å². The molecule has 1 amide bonds. The van der Waals surface area contributed by atoms with Crippen LogP contribution in [0.2, 0.25) is 0 Å². The molecule has 0 bridgehead atoms. The minimum absolute atomic E-state index is 0.345. The molecule has 1 aromatic heterocycles. The monoisotopic (exact) mass is 315 g/mol. The molecule has 21 heavy (non-hydrogen) atoms. The molecule has 0 fully saturated rings. The first-order valence-corrected chi connectivity index (χ1v) is 7.93. The number of carbonyl (C=O) groups excluding carboxylic acids is 1. The van der Waals surface area contributed by atoms with Crippen LogP contribution in [-0.4, -0.2) is 38.9 Å². The summed E-state index contributed by atoms with van der Waals surface area (Å²) in [6.07, 6.45) is 1.13. The molecule has 0 aliphatic rings. The molecule has 0 aliphatic carbocycles. The second-order valence-corrected chi connectivity index (χ2v) is 6.24. The van der Waals surface area contributed by atoms with E-state index in [9.17, 15) is 9.59 Å². The highest BCUT2D eigenvalue weighted by molar-refractivity contribution is 7.98. The molecule has 1 heterocycles. The Balaban J connectivity index is 2.31. The molecule has 0 aliphatic heterocycles. The van der Waals surface area contributed by atoms with Crippen molar-refractivity contribution in [2.24, 2.45) is 5.92 Å². The van der Waals surface area contributed by atoms with Gasteiger partial charge in [-0.25, -0.2) is 4.79 Å². The Kier molecular flexibility index (Phi) is 7.21. The van der Waals surface area contributed by atoms with Gasteiger partial charge in [0, 0.05) is 13.3 Å². The van der Waals surface area contributed by atoms with Crippen LogP contribution in [0.4, 0.5) is 0 Å². The molecule has 0 spiro atoms. The molecular formula is C13H21N3O4S. The quantitative estimate of drug-likeness (QED) is 0.665. The van der Waals surface area contributed by atoms with Gasteiger partial charge in [0.2, 0.25) is 11.8 Å². The van der Waals surface area contributed by atoms with Gasteiger partial charge in [-0.1, -0.05) is 19.0 Å². The van der Waals surface area contributed by atoms with Crippen molar-refractivity contribution in [1.29, 1.82) is 0 Å². The molecule has 7 nitrogen and oxygen atoms in total. The minimum atomic E-state index is -1.03. The number of carboxylic acids is 1. The number of carboxylic acid groups (broad SMARTS) is 1. The largest absolute Gasteiger partial charge is 0.480 e. The summed E-state index contributed by atoms with van der Waals surface area (Å²) in [6, 6.07) is -0.853. The van der Waals surface area contributed by atoms with Crippen LogP contribution in [0.25, 0.3) is 0 Å². The lowest BCUT2D eigenvalue weighted by Gasteiger charge is -2.12. The van der Waals surface area contributed by atoms with E-state index in [-0.39, 0.29) is 5.91 Å². The zero-order chi connectivity index (χ0) is 15.8. The fourth-order valence-corrected chi connectivity index (χ4v) is 2.50. The Morgan fingerprint density at radius 1 is 1.43 bits per heavy atom. The molecule has 0 saturated heterocycles. The van der Waals surface area contributed by atoms with Crippen LogP contribution in [-0.2, 0) is 21.8 Å². The van der Waals surface area contributed by atoms with Gasteiger partial charge in [0.05, 0.1) is 5.75 Å². The van der Waals surface area contributed by atoms with Crippen LogP contribution in [0.1, 0.15) is 38.9 Å². The van der Waals surface area contributed by atoms with E-state index in [0.717, 1.165) is 6.42 Å². The van der Waals surface area contributed by atoms with Crippen molar-refractivity contribution in [3.63, 3.8) is 0 Å². The highest BCUT2D eigenvalue weighted by Crippen LogP contribution is 2.13. The fourth-order valence-electron chi connectivity index (χ4n) is 1.66. The lowest BCUT2D eigenvalue weighted by molar-refractivity contribution is -0.141. The number of rotatable bonds is 9. The van der Waals surface area contributed by atoms with Crippen LogP contribution in [0.3, 0.4) is 0 Å². The summed E-state index contributed by atoms with van der Waals surface area (Å²) >= 11 is 1.50. The molecule has 1 rings (SSSR count). The van der Waals surface area contributed by atoms with Gasteiger partial charge in [-0.2, -0.15) is 16.7 Å². The molecular weight excluding hydrogens is 294 g/mol. The van der Waals surface area contributed by atoms with Crippen molar-refractivity contribution in [3.05, 3.63) is 11.7 Å². The first-order chi connectivity index (χ1) is 9.88. The first kappa shape index (κ1) is 17.5. The van der Waals surface area contributed by atoms with Gasteiger partial charge in [-0.05, 0) is 18.1 Å². The van der Waals surface area contributed by atoms with Gasteiger partial charge >= 0.3 is 5.97 Å². The fraction of sp³-hybridized carbons (Fsp3) is 0.692. The molecule has 2 N–H and O–H groups in total. The summed E-state index contributed by atoms with van der Waals surface area (Å²) in [6.45, 7) is 5.47. The Bertz CT molecular complexity index is 476. The van der Waals surface area contributed by atoms with E-state index in [1.54, 1.807) is 0 Å². The highest BCUT2D eigenvalue weighted by Gasteiger charge is 2.18. The summed E-state index contributed by atoms with van der Waals surface area (Å²) in [5, 5.41) is 15.2. The van der Waals surface area contributed by atoms with Gasteiger partial charge in [0.15, 0.2) is 5.82 Å². The van der Waals surface area contributed by atoms with Crippen molar-refractivity contribution in [2.75, 3.05) is 5.75 Å². The van der Waals surface area contributed by atoms with Crippen LogP contribution < -0.4 is 5.32 Å². The van der Waals surface area contributed by atoms with Crippen LogP contribution in [0.15, 0.2) is 4.52 Å². The number of aliphatic carboxylic acids is 1. The lowest BCUT2D eigenvalue weighted by atomic mass is 10.1. The minimum Gasteiger partial charge on any atom is -0.480 e. The summed E-state index contributed by atoms with van der Waals surface area (Å²) < 4.78 is 5.12. The molecule has 1 atom stereocenters. The zero-order valence-electron chi connectivity index (χ0n) is 12.5. The highest BCUT2D eigenvalue weighted by atomic mass is 32.2. The summed E-state index contributed by atoms with van der Waals surface area (Å²) in [5.41, 5.74) is 0. The average Bonchev–Trinajstić information content (AvgIpc) is 2.79. The van der Waals surface area contributed by atoms with E-state index < -0.39 is 12.0 Å². The number of aromatic nitrogens is 2. The number of hydrogen-bond donors (Lipinski definition) is 2. The molecule has 1 aromatic rings. The molecule has 1 unspecified atom stereocenters. The third-order valence-corrected chi connectivity index (χ3v) is 3.53. The molecule has 0 radical (unpaired) electrons. The SMILES string of the molecule is CC(=O)NC(CCSCc1nc(CC(C)C)no1)C(=O)O. The maximum absolute atomic E-state index is 10.9. The normalized spacial score (nSPS) is 12.4. The van der Waals surface area contributed by atoms with Gasteiger partial charge in [0.25, 0.3) is 0 Å². The maximum atomic E-state index is 10.9. The van der Waals surface area contributed by atoms with Crippen LogP contribution in [0, 0.1) is 5.92 Å². The third-order valence-electron chi connectivity index (χ3n) is 2.55. The smallest absolute Gasteiger partial charge is 0.326 e. The van der Waals surface area contributed by atoms with E-state index in [0.29, 0.717) is 35.6 Å². The number of thioether (sulfide) groups is 1. The van der Waals surface area contributed by atoms with Crippen molar-refractivity contribution in [2.45, 2.75) is 45.4 Å². The number of nitrogens with one attached hydrogen (secondary N) is 1. The zero-order valence-corrected chi connectivity index (χ0v) is 13.3. The Morgan fingerprint density at radius 2 is 2.14 bits per heavy atom. The molecule has 0 saturated carbocycles. The molecule has 118 valence electrons.